The van der Waals surface area contributed by atoms with Gasteiger partial charge in [-0.3, -0.25) is 9.89 Å². The van der Waals surface area contributed by atoms with Crippen LogP contribution in [0.4, 0.5) is 0 Å². The lowest BCUT2D eigenvalue weighted by Gasteiger charge is -2.19. The van der Waals surface area contributed by atoms with E-state index in [1.54, 1.807) is 20.0 Å². The molecule has 1 heterocycles. The van der Waals surface area contributed by atoms with Crippen molar-refractivity contribution in [2.24, 2.45) is 5.41 Å². The predicted molar refractivity (Wildman–Crippen MR) is 111 cm³/mol. The summed E-state index contributed by atoms with van der Waals surface area (Å²) in [5.74, 6) is 1.07. The lowest BCUT2D eigenvalue weighted by molar-refractivity contribution is -0.148. The predicted octanol–water partition coefficient (Wildman–Crippen LogP) is 4.48. The van der Waals surface area contributed by atoms with Crippen LogP contribution in [0, 0.1) is 5.41 Å². The second kappa shape index (κ2) is 9.45. The molecule has 0 spiro atoms. The van der Waals surface area contributed by atoms with Gasteiger partial charge in [0, 0.05) is 17.8 Å². The summed E-state index contributed by atoms with van der Waals surface area (Å²) in [6.07, 6.45) is 10.7. The van der Waals surface area contributed by atoms with Crippen molar-refractivity contribution >= 4 is 5.97 Å². The molecule has 0 amide bonds. The van der Waals surface area contributed by atoms with Gasteiger partial charge in [0.05, 0.1) is 12.0 Å². The lowest BCUT2D eigenvalue weighted by atomic mass is 9.95. The highest BCUT2D eigenvalue weighted by Crippen LogP contribution is 2.25. The molecule has 0 saturated heterocycles. The smallest absolute Gasteiger partial charge is 0.312 e. The van der Waals surface area contributed by atoms with E-state index in [1.165, 1.54) is 0 Å². The molecule has 0 saturated carbocycles. The van der Waals surface area contributed by atoms with Crippen molar-refractivity contribution in [3.8, 4) is 5.75 Å². The van der Waals surface area contributed by atoms with E-state index in [9.17, 15) is 9.90 Å². The van der Waals surface area contributed by atoms with E-state index < -0.39 is 11.4 Å². The minimum atomic E-state index is -0.915. The quantitative estimate of drug-likeness (QED) is 0.579. The highest BCUT2D eigenvalue weighted by Gasteiger charge is 2.28. The fourth-order valence-electron chi connectivity index (χ4n) is 2.99. The number of nitrogens with zero attached hydrogens (tertiary/aromatic N) is 1. The monoisotopic (exact) mass is 396 g/mol. The van der Waals surface area contributed by atoms with Gasteiger partial charge >= 0.3 is 5.97 Å². The van der Waals surface area contributed by atoms with E-state index in [2.05, 4.69) is 22.3 Å². The van der Waals surface area contributed by atoms with Crippen LogP contribution in [0.1, 0.15) is 43.9 Å². The lowest BCUT2D eigenvalue weighted by Crippen LogP contribution is -2.30. The first-order valence-corrected chi connectivity index (χ1v) is 9.89. The molecule has 6 heteroatoms. The van der Waals surface area contributed by atoms with Gasteiger partial charge in [0.15, 0.2) is 0 Å². The summed E-state index contributed by atoms with van der Waals surface area (Å²) >= 11 is 0. The van der Waals surface area contributed by atoms with Gasteiger partial charge in [0.2, 0.25) is 0 Å². The maximum Gasteiger partial charge on any atom is 0.312 e. The van der Waals surface area contributed by atoms with Crippen LogP contribution in [0.3, 0.4) is 0 Å². The van der Waals surface area contributed by atoms with Crippen LogP contribution >= 0.6 is 0 Å². The Morgan fingerprint density at radius 1 is 1.31 bits per heavy atom. The van der Waals surface area contributed by atoms with Crippen molar-refractivity contribution in [1.82, 2.24) is 10.2 Å². The molecule has 0 aliphatic heterocycles. The highest BCUT2D eigenvalue weighted by atomic mass is 16.5. The van der Waals surface area contributed by atoms with Gasteiger partial charge in [-0.05, 0) is 69.0 Å². The van der Waals surface area contributed by atoms with Crippen LogP contribution < -0.4 is 4.74 Å². The Labute approximate surface area is 171 Å². The van der Waals surface area contributed by atoms with Crippen molar-refractivity contribution in [3.05, 3.63) is 71.8 Å². The fourth-order valence-corrected chi connectivity index (χ4v) is 2.99. The average molecular weight is 396 g/mol. The number of hydrogen-bond acceptors (Lipinski definition) is 4. The molecule has 0 radical (unpaired) electrons. The molecule has 1 aromatic carbocycles. The third-order valence-electron chi connectivity index (χ3n) is 4.94. The second-order valence-corrected chi connectivity index (χ2v) is 7.90. The average Bonchev–Trinajstić information content (AvgIpc) is 3.25. The Hall–Kier alpha value is -3.02. The molecule has 1 atom stereocenters. The number of benzene rings is 1. The third-order valence-corrected chi connectivity index (χ3v) is 4.94. The summed E-state index contributed by atoms with van der Waals surface area (Å²) in [5, 5.41) is 16.2. The van der Waals surface area contributed by atoms with E-state index >= 15 is 0 Å². The number of hydrogen-bond donors (Lipinski definition) is 2. The number of allylic oxidation sites excluding steroid dienone is 3. The highest BCUT2D eigenvalue weighted by molar-refractivity contribution is 5.73. The standard InChI is InChI=1S/C23H28N2O4/c1-23(2,22(26)27)16-29-20-7-3-5-17(15-20)6-4-14-28-19-10-8-18(9-11-19)21-12-13-24-25-21/h3,5,7-8,10-13,15,18H,4,6,9,14,16H2,1-2H3,(H,24,25)(H,26,27). The number of H-pyrrole nitrogens is 1. The SMILES string of the molecule is CC(C)(COc1cccc(CCCOC2=CCC(c3ccn[nH]3)C=C2)c1)C(=O)O. The first-order valence-electron chi connectivity index (χ1n) is 9.89. The zero-order chi connectivity index (χ0) is 20.7. The molecule has 2 N–H and O–H groups in total. The van der Waals surface area contributed by atoms with E-state index in [0.717, 1.165) is 36.3 Å². The number of nitrogens with one attached hydrogen (secondary N) is 1. The number of aliphatic carboxylic acids is 1. The van der Waals surface area contributed by atoms with E-state index in [4.69, 9.17) is 9.47 Å². The van der Waals surface area contributed by atoms with Crippen molar-refractivity contribution in [3.63, 3.8) is 0 Å². The first-order chi connectivity index (χ1) is 13.9. The van der Waals surface area contributed by atoms with Gasteiger partial charge < -0.3 is 14.6 Å². The van der Waals surface area contributed by atoms with Gasteiger partial charge in [-0.15, -0.1) is 0 Å². The van der Waals surface area contributed by atoms with Crippen LogP contribution in [-0.4, -0.2) is 34.5 Å². The van der Waals surface area contributed by atoms with Crippen LogP contribution in [0.25, 0.3) is 0 Å². The van der Waals surface area contributed by atoms with E-state index in [1.807, 2.05) is 36.4 Å². The fraction of sp³-hybridized carbons (Fsp3) is 0.391. The molecule has 1 aliphatic carbocycles. The summed E-state index contributed by atoms with van der Waals surface area (Å²) < 4.78 is 11.5. The summed E-state index contributed by atoms with van der Waals surface area (Å²) in [5.41, 5.74) is 1.35. The summed E-state index contributed by atoms with van der Waals surface area (Å²) in [4.78, 5) is 11.2. The molecular formula is C23H28N2O4. The van der Waals surface area contributed by atoms with Crippen LogP contribution in [0.15, 0.2) is 60.5 Å². The van der Waals surface area contributed by atoms with E-state index in [0.29, 0.717) is 18.3 Å². The number of rotatable bonds is 10. The molecule has 1 aliphatic rings. The van der Waals surface area contributed by atoms with Crippen molar-refractivity contribution < 1.29 is 19.4 Å². The van der Waals surface area contributed by atoms with E-state index in [-0.39, 0.29) is 6.61 Å². The molecule has 0 bridgehead atoms. The number of aromatic amines is 1. The minimum absolute atomic E-state index is 0.134. The number of aryl methyl sites for hydroxylation is 1. The normalized spacial score (nSPS) is 16.3. The van der Waals surface area contributed by atoms with Crippen molar-refractivity contribution in [2.75, 3.05) is 13.2 Å². The number of carbonyl (C=O) groups is 1. The number of aromatic nitrogens is 2. The van der Waals surface area contributed by atoms with Gasteiger partial charge in [0.1, 0.15) is 18.1 Å². The van der Waals surface area contributed by atoms with Gasteiger partial charge in [0.25, 0.3) is 0 Å². The number of carboxylic acid groups (broad SMARTS) is 1. The summed E-state index contributed by atoms with van der Waals surface area (Å²) in [6, 6.07) is 9.79. The minimum Gasteiger partial charge on any atom is -0.494 e. The number of carboxylic acids is 1. The Bertz CT molecular complexity index is 869. The Balaban J connectivity index is 1.40. The van der Waals surface area contributed by atoms with Crippen molar-refractivity contribution in [1.29, 1.82) is 0 Å². The largest absolute Gasteiger partial charge is 0.494 e. The Morgan fingerprint density at radius 2 is 2.17 bits per heavy atom. The zero-order valence-corrected chi connectivity index (χ0v) is 16.9. The molecule has 6 nitrogen and oxygen atoms in total. The summed E-state index contributed by atoms with van der Waals surface area (Å²) in [6.45, 7) is 4.08. The maximum atomic E-state index is 11.2. The van der Waals surface area contributed by atoms with Crippen LogP contribution in [-0.2, 0) is 16.0 Å². The first kappa shape index (κ1) is 20.7. The van der Waals surface area contributed by atoms with Gasteiger partial charge in [-0.2, -0.15) is 5.10 Å². The van der Waals surface area contributed by atoms with Crippen molar-refractivity contribution in [2.45, 2.75) is 39.0 Å². The molecule has 29 heavy (non-hydrogen) atoms. The zero-order valence-electron chi connectivity index (χ0n) is 16.9. The molecule has 2 aromatic rings. The Kier molecular flexibility index (Phi) is 6.75. The molecular weight excluding hydrogens is 368 g/mol. The van der Waals surface area contributed by atoms with Crippen LogP contribution in [0.5, 0.6) is 5.75 Å². The molecule has 0 fully saturated rings. The molecule has 1 unspecified atom stereocenters. The second-order valence-electron chi connectivity index (χ2n) is 7.90. The van der Waals surface area contributed by atoms with Crippen LogP contribution in [0.2, 0.25) is 0 Å². The maximum absolute atomic E-state index is 11.2. The topological polar surface area (TPSA) is 84.4 Å². The van der Waals surface area contributed by atoms with Gasteiger partial charge in [-0.1, -0.05) is 18.2 Å². The van der Waals surface area contributed by atoms with Gasteiger partial charge in [-0.25, -0.2) is 0 Å². The molecule has 1 aromatic heterocycles. The molecule has 154 valence electrons. The third kappa shape index (κ3) is 5.98. The summed E-state index contributed by atoms with van der Waals surface area (Å²) in [7, 11) is 0. The molecule has 3 rings (SSSR count). The Morgan fingerprint density at radius 3 is 2.86 bits per heavy atom. The number of ether oxygens (including phenoxy) is 2.